The van der Waals surface area contributed by atoms with Crippen LogP contribution in [0, 0.1) is 5.41 Å². The summed E-state index contributed by atoms with van der Waals surface area (Å²) in [5, 5.41) is 0. The molecule has 0 saturated heterocycles. The van der Waals surface area contributed by atoms with E-state index in [9.17, 15) is 0 Å². The molecule has 0 amide bonds. The second kappa shape index (κ2) is 7.45. The van der Waals surface area contributed by atoms with E-state index in [1.54, 1.807) is 0 Å². The molecular weight excluding hydrogens is 254 g/mol. The highest BCUT2D eigenvalue weighted by Crippen LogP contribution is 2.19. The van der Waals surface area contributed by atoms with Crippen molar-refractivity contribution in [2.24, 2.45) is 5.41 Å². The predicted molar refractivity (Wildman–Crippen MR) is 69.5 cm³/mol. The lowest BCUT2D eigenvalue weighted by Gasteiger charge is -2.16. The SMILES string of the molecule is CC(C)(C)CCC[n+]1ccccc1.O=S(=O)(O)O. The molecule has 6 heteroatoms. The maximum atomic E-state index is 8.74. The molecule has 1 rings (SSSR count). The van der Waals surface area contributed by atoms with Crippen LogP contribution in [-0.2, 0) is 16.9 Å². The molecule has 1 heterocycles. The van der Waals surface area contributed by atoms with E-state index in [0.29, 0.717) is 5.41 Å². The Morgan fingerprint density at radius 1 is 1.06 bits per heavy atom. The van der Waals surface area contributed by atoms with E-state index < -0.39 is 10.4 Å². The third kappa shape index (κ3) is 15.0. The summed E-state index contributed by atoms with van der Waals surface area (Å²) in [5.74, 6) is 0. The van der Waals surface area contributed by atoms with E-state index in [-0.39, 0.29) is 0 Å². The molecule has 1 aromatic heterocycles. The van der Waals surface area contributed by atoms with E-state index in [1.807, 2.05) is 0 Å². The fraction of sp³-hybridized carbons (Fsp3) is 0.583. The van der Waals surface area contributed by atoms with E-state index in [0.717, 1.165) is 6.54 Å². The molecular formula is C12H22NO4S+. The van der Waals surface area contributed by atoms with Crippen LogP contribution in [0.25, 0.3) is 0 Å². The third-order valence-electron chi connectivity index (χ3n) is 2.12. The molecule has 5 nitrogen and oxygen atoms in total. The molecule has 0 spiro atoms. The third-order valence-corrected chi connectivity index (χ3v) is 2.12. The number of aromatic nitrogens is 1. The van der Waals surface area contributed by atoms with Gasteiger partial charge < -0.3 is 0 Å². The Labute approximate surface area is 109 Å². The average Bonchev–Trinajstić information content (AvgIpc) is 2.14. The van der Waals surface area contributed by atoms with Crippen LogP contribution in [0.3, 0.4) is 0 Å². The fourth-order valence-electron chi connectivity index (χ4n) is 1.38. The summed E-state index contributed by atoms with van der Waals surface area (Å²) in [6, 6.07) is 6.22. The van der Waals surface area contributed by atoms with Gasteiger partial charge in [-0.25, -0.2) is 4.57 Å². The van der Waals surface area contributed by atoms with Gasteiger partial charge in [-0.15, -0.1) is 0 Å². The van der Waals surface area contributed by atoms with Crippen molar-refractivity contribution in [3.63, 3.8) is 0 Å². The van der Waals surface area contributed by atoms with E-state index in [4.69, 9.17) is 17.5 Å². The topological polar surface area (TPSA) is 78.5 Å². The molecule has 0 unspecified atom stereocenters. The van der Waals surface area contributed by atoms with Gasteiger partial charge in [0.25, 0.3) is 0 Å². The second-order valence-electron chi connectivity index (χ2n) is 5.23. The standard InChI is InChI=1S/C12H20N.H2O4S/c1-12(2,3)8-7-11-13-9-5-4-6-10-13;1-5(2,3)4/h4-6,9-10H,7-8,11H2,1-3H3;(H2,1,2,3,4)/q+1;. The lowest BCUT2D eigenvalue weighted by molar-refractivity contribution is -0.697. The van der Waals surface area contributed by atoms with Gasteiger partial charge in [0.2, 0.25) is 0 Å². The van der Waals surface area contributed by atoms with Crippen LogP contribution in [0.1, 0.15) is 33.6 Å². The Morgan fingerprint density at radius 3 is 1.89 bits per heavy atom. The first-order valence-corrected chi connectivity index (χ1v) is 7.11. The minimum atomic E-state index is -4.67. The molecule has 0 aliphatic carbocycles. The lowest BCUT2D eigenvalue weighted by Crippen LogP contribution is -2.32. The Bertz CT molecular complexity index is 415. The average molecular weight is 276 g/mol. The van der Waals surface area contributed by atoms with Gasteiger partial charge in [0.1, 0.15) is 6.54 Å². The van der Waals surface area contributed by atoms with Crippen LogP contribution in [0.2, 0.25) is 0 Å². The Balaban J connectivity index is 0.000000494. The van der Waals surface area contributed by atoms with Crippen molar-refractivity contribution < 1.29 is 22.1 Å². The van der Waals surface area contributed by atoms with Gasteiger partial charge in [-0.2, -0.15) is 8.42 Å². The van der Waals surface area contributed by atoms with Gasteiger partial charge in [0.15, 0.2) is 12.4 Å². The van der Waals surface area contributed by atoms with Gasteiger partial charge in [-0.05, 0) is 11.8 Å². The molecule has 0 saturated carbocycles. The molecule has 0 atom stereocenters. The van der Waals surface area contributed by atoms with Crippen LogP contribution >= 0.6 is 0 Å². The van der Waals surface area contributed by atoms with Gasteiger partial charge in [0, 0.05) is 18.6 Å². The van der Waals surface area contributed by atoms with Crippen molar-refractivity contribution >= 4 is 10.4 Å². The first-order valence-electron chi connectivity index (χ1n) is 5.72. The normalized spacial score (nSPS) is 11.6. The highest BCUT2D eigenvalue weighted by atomic mass is 32.3. The number of hydrogen-bond acceptors (Lipinski definition) is 2. The first-order chi connectivity index (χ1) is 8.08. The zero-order chi connectivity index (χ0) is 14.2. The summed E-state index contributed by atoms with van der Waals surface area (Å²) in [6.45, 7) is 8.02. The summed E-state index contributed by atoms with van der Waals surface area (Å²) in [7, 11) is -4.67. The number of hydrogen-bond donors (Lipinski definition) is 2. The molecule has 0 radical (unpaired) electrons. The van der Waals surface area contributed by atoms with Crippen molar-refractivity contribution in [1.82, 2.24) is 0 Å². The van der Waals surface area contributed by atoms with Crippen LogP contribution in [0.5, 0.6) is 0 Å². The van der Waals surface area contributed by atoms with Gasteiger partial charge in [-0.1, -0.05) is 26.8 Å². The van der Waals surface area contributed by atoms with Gasteiger partial charge in [-0.3, -0.25) is 9.11 Å². The van der Waals surface area contributed by atoms with Crippen molar-refractivity contribution in [2.75, 3.05) is 0 Å². The molecule has 0 aliphatic heterocycles. The quantitative estimate of drug-likeness (QED) is 0.655. The molecule has 0 bridgehead atoms. The van der Waals surface area contributed by atoms with Crippen LogP contribution in [0.15, 0.2) is 30.6 Å². The van der Waals surface area contributed by atoms with Crippen molar-refractivity contribution in [3.8, 4) is 0 Å². The molecule has 18 heavy (non-hydrogen) atoms. The maximum absolute atomic E-state index is 8.74. The zero-order valence-corrected chi connectivity index (χ0v) is 11.9. The summed E-state index contributed by atoms with van der Waals surface area (Å²) < 4.78 is 33.8. The van der Waals surface area contributed by atoms with Crippen molar-refractivity contribution in [1.29, 1.82) is 0 Å². The van der Waals surface area contributed by atoms with E-state index in [2.05, 4.69) is 55.9 Å². The van der Waals surface area contributed by atoms with Gasteiger partial charge in [0.05, 0.1) is 0 Å². The fourth-order valence-corrected chi connectivity index (χ4v) is 1.38. The molecule has 0 fully saturated rings. The highest BCUT2D eigenvalue weighted by Gasteiger charge is 2.10. The largest absolute Gasteiger partial charge is 0.394 e. The van der Waals surface area contributed by atoms with E-state index in [1.165, 1.54) is 12.8 Å². The van der Waals surface area contributed by atoms with E-state index >= 15 is 0 Å². The van der Waals surface area contributed by atoms with Gasteiger partial charge >= 0.3 is 10.4 Å². The van der Waals surface area contributed by atoms with Crippen LogP contribution in [0.4, 0.5) is 0 Å². The Morgan fingerprint density at radius 2 is 1.50 bits per heavy atom. The smallest absolute Gasteiger partial charge is 0.264 e. The first kappa shape index (κ1) is 17.0. The minimum absolute atomic E-state index is 0.468. The number of aryl methyl sites for hydroxylation is 1. The Hall–Kier alpha value is -0.980. The van der Waals surface area contributed by atoms with Crippen molar-refractivity contribution in [2.45, 2.75) is 40.2 Å². The summed E-state index contributed by atoms with van der Waals surface area (Å²) >= 11 is 0. The number of pyridine rings is 1. The molecule has 0 aliphatic rings. The van der Waals surface area contributed by atoms with Crippen LogP contribution in [-0.4, -0.2) is 17.5 Å². The summed E-state index contributed by atoms with van der Waals surface area (Å²) in [4.78, 5) is 0. The zero-order valence-electron chi connectivity index (χ0n) is 11.1. The lowest BCUT2D eigenvalue weighted by atomic mass is 9.91. The predicted octanol–water partition coefficient (Wildman–Crippen LogP) is 2.15. The summed E-state index contributed by atoms with van der Waals surface area (Å²) in [5.41, 5.74) is 0.468. The molecule has 2 N–H and O–H groups in total. The van der Waals surface area contributed by atoms with Crippen molar-refractivity contribution in [3.05, 3.63) is 30.6 Å². The second-order valence-corrected chi connectivity index (χ2v) is 6.12. The molecule has 1 aromatic rings. The maximum Gasteiger partial charge on any atom is 0.394 e. The Kier molecular flexibility index (Phi) is 7.05. The minimum Gasteiger partial charge on any atom is -0.264 e. The monoisotopic (exact) mass is 276 g/mol. The number of rotatable bonds is 3. The molecule has 0 aromatic carbocycles. The highest BCUT2D eigenvalue weighted by molar-refractivity contribution is 7.79. The summed E-state index contributed by atoms with van der Waals surface area (Å²) in [6.07, 6.45) is 6.80. The van der Waals surface area contributed by atoms with Crippen LogP contribution < -0.4 is 4.57 Å². The molecule has 104 valence electrons. The number of nitrogens with zero attached hydrogens (tertiary/aromatic N) is 1.